The van der Waals surface area contributed by atoms with E-state index in [1.807, 2.05) is 33.8 Å². The van der Waals surface area contributed by atoms with Crippen molar-refractivity contribution in [3.63, 3.8) is 0 Å². The van der Waals surface area contributed by atoms with Crippen LogP contribution in [-0.4, -0.2) is 40.0 Å². The Balaban J connectivity index is 0.000000970. The zero-order chi connectivity index (χ0) is 25.7. The van der Waals surface area contributed by atoms with E-state index in [9.17, 15) is 21.6 Å². The third-order valence-corrected chi connectivity index (χ3v) is 6.33. The quantitative estimate of drug-likeness (QED) is 0.395. The summed E-state index contributed by atoms with van der Waals surface area (Å²) in [7, 11) is -0.961. The van der Waals surface area contributed by atoms with Gasteiger partial charge in [-0.2, -0.15) is 23.4 Å². The summed E-state index contributed by atoms with van der Waals surface area (Å²) >= 11 is 0. The van der Waals surface area contributed by atoms with Crippen molar-refractivity contribution < 1.29 is 21.6 Å². The summed E-state index contributed by atoms with van der Waals surface area (Å²) in [6.45, 7) is 8.00. The van der Waals surface area contributed by atoms with Crippen LogP contribution in [0.5, 0.6) is 0 Å². The SMILES string of the molecule is CC.CC.CN(c1cccc2cnn(C)c12)S(=O)(=O)c1cnn(-c2cc(C(F)(F)F)ccn2)c1. The van der Waals surface area contributed by atoms with Gasteiger partial charge in [-0.25, -0.2) is 18.1 Å². The molecule has 0 N–H and O–H groups in total. The molecule has 4 aromatic rings. The van der Waals surface area contributed by atoms with E-state index in [1.165, 1.54) is 7.05 Å². The molecule has 0 radical (unpaired) electrons. The van der Waals surface area contributed by atoms with Crippen LogP contribution < -0.4 is 4.31 Å². The van der Waals surface area contributed by atoms with Gasteiger partial charge in [0.05, 0.1) is 35.4 Å². The first kappa shape index (κ1) is 26.8. The lowest BCUT2D eigenvalue weighted by Crippen LogP contribution is -2.26. The summed E-state index contributed by atoms with van der Waals surface area (Å²) in [5.41, 5.74) is 0.111. The molecule has 8 nitrogen and oxygen atoms in total. The normalized spacial score (nSPS) is 11.3. The summed E-state index contributed by atoms with van der Waals surface area (Å²) < 4.78 is 68.7. The van der Waals surface area contributed by atoms with Crippen LogP contribution in [0.3, 0.4) is 0 Å². The van der Waals surface area contributed by atoms with Crippen molar-refractivity contribution in [1.29, 1.82) is 0 Å². The highest BCUT2D eigenvalue weighted by Crippen LogP contribution is 2.31. The van der Waals surface area contributed by atoms with Crippen molar-refractivity contribution in [3.05, 3.63) is 60.7 Å². The van der Waals surface area contributed by atoms with E-state index in [0.29, 0.717) is 11.2 Å². The number of rotatable bonds is 4. The smallest absolute Gasteiger partial charge is 0.267 e. The molecule has 34 heavy (non-hydrogen) atoms. The van der Waals surface area contributed by atoms with Gasteiger partial charge in [-0.05, 0) is 18.2 Å². The van der Waals surface area contributed by atoms with E-state index in [1.54, 1.807) is 30.1 Å². The number of fused-ring (bicyclic) bond motifs is 1. The Labute approximate surface area is 196 Å². The standard InChI is InChI=1S/C18H15F3N6O2S.2C2H6/c1-25-17-12(9-23-25)4-3-5-15(17)26(2)30(28,29)14-10-24-27(11-14)16-8-13(6-7-22-16)18(19,20)21;2*1-2/h3-11H,1-2H3;2*1-2H3. The molecule has 0 amide bonds. The Morgan fingerprint density at radius 1 is 1.00 bits per heavy atom. The van der Waals surface area contributed by atoms with Crippen molar-refractivity contribution in [2.45, 2.75) is 38.8 Å². The highest BCUT2D eigenvalue weighted by atomic mass is 32.2. The minimum absolute atomic E-state index is 0.150. The summed E-state index contributed by atoms with van der Waals surface area (Å²) in [5.74, 6) is -0.150. The number of para-hydroxylation sites is 1. The molecule has 4 rings (SSSR count). The molecule has 0 spiro atoms. The minimum Gasteiger partial charge on any atom is -0.267 e. The van der Waals surface area contributed by atoms with Gasteiger partial charge in [0.25, 0.3) is 10.0 Å². The Kier molecular flexibility index (Phi) is 8.43. The van der Waals surface area contributed by atoms with Crippen LogP contribution in [0.2, 0.25) is 0 Å². The van der Waals surface area contributed by atoms with Gasteiger partial charge >= 0.3 is 6.18 Å². The molecule has 3 aromatic heterocycles. The van der Waals surface area contributed by atoms with Crippen molar-refractivity contribution in [2.24, 2.45) is 7.05 Å². The van der Waals surface area contributed by atoms with Gasteiger partial charge in [0, 0.05) is 25.7 Å². The first-order valence-electron chi connectivity index (χ1n) is 10.6. The zero-order valence-electron chi connectivity index (χ0n) is 19.7. The van der Waals surface area contributed by atoms with Gasteiger partial charge < -0.3 is 0 Å². The van der Waals surface area contributed by atoms with E-state index >= 15 is 0 Å². The van der Waals surface area contributed by atoms with Crippen LogP contribution >= 0.6 is 0 Å². The second kappa shape index (κ2) is 10.7. The second-order valence-corrected chi connectivity index (χ2v) is 8.45. The lowest BCUT2D eigenvalue weighted by atomic mass is 10.2. The molecule has 0 saturated carbocycles. The number of benzene rings is 1. The van der Waals surface area contributed by atoms with Crippen molar-refractivity contribution in [2.75, 3.05) is 11.4 Å². The fraction of sp³-hybridized carbons (Fsp3) is 0.318. The molecule has 1 aromatic carbocycles. The van der Waals surface area contributed by atoms with Gasteiger partial charge in [-0.3, -0.25) is 8.99 Å². The zero-order valence-corrected chi connectivity index (χ0v) is 20.6. The molecule has 0 aliphatic rings. The van der Waals surface area contributed by atoms with Gasteiger partial charge in [-0.15, -0.1) is 0 Å². The lowest BCUT2D eigenvalue weighted by Gasteiger charge is -2.19. The monoisotopic (exact) mass is 496 g/mol. The molecule has 0 fully saturated rings. The Hall–Kier alpha value is -3.41. The summed E-state index contributed by atoms with van der Waals surface area (Å²) in [6, 6.07) is 6.78. The minimum atomic E-state index is -4.55. The number of anilines is 1. The number of aryl methyl sites for hydroxylation is 1. The van der Waals surface area contributed by atoms with Crippen molar-refractivity contribution >= 4 is 26.6 Å². The van der Waals surface area contributed by atoms with Gasteiger partial charge in [0.2, 0.25) is 0 Å². The summed E-state index contributed by atoms with van der Waals surface area (Å²) in [5, 5.41) is 8.79. The topological polar surface area (TPSA) is 85.9 Å². The van der Waals surface area contributed by atoms with Crippen LogP contribution in [-0.2, 0) is 23.2 Å². The average molecular weight is 497 g/mol. The van der Waals surface area contributed by atoms with E-state index in [-0.39, 0.29) is 10.7 Å². The fourth-order valence-corrected chi connectivity index (χ4v) is 4.17. The molecule has 0 aliphatic carbocycles. The summed E-state index contributed by atoms with van der Waals surface area (Å²) in [6.07, 6.45) is 0.247. The largest absolute Gasteiger partial charge is 0.416 e. The van der Waals surface area contributed by atoms with E-state index in [0.717, 1.165) is 45.1 Å². The predicted octanol–water partition coefficient (Wildman–Crippen LogP) is 5.05. The highest BCUT2D eigenvalue weighted by molar-refractivity contribution is 7.92. The van der Waals surface area contributed by atoms with Crippen molar-refractivity contribution in [3.8, 4) is 5.82 Å². The highest BCUT2D eigenvalue weighted by Gasteiger charge is 2.31. The van der Waals surface area contributed by atoms with E-state index in [4.69, 9.17) is 0 Å². The molecule has 0 unspecified atom stereocenters. The number of alkyl halides is 3. The molecule has 12 heteroatoms. The van der Waals surface area contributed by atoms with Gasteiger partial charge in [-0.1, -0.05) is 39.8 Å². The maximum absolute atomic E-state index is 13.1. The first-order chi connectivity index (χ1) is 16.1. The molecule has 184 valence electrons. The van der Waals surface area contributed by atoms with E-state index in [2.05, 4.69) is 15.2 Å². The maximum atomic E-state index is 13.1. The molecular formula is C22H27F3N6O2S. The first-order valence-corrected chi connectivity index (χ1v) is 12.0. The Morgan fingerprint density at radius 2 is 1.68 bits per heavy atom. The second-order valence-electron chi connectivity index (χ2n) is 6.48. The van der Waals surface area contributed by atoms with E-state index < -0.39 is 21.8 Å². The number of halogens is 3. The number of pyridine rings is 1. The Morgan fingerprint density at radius 3 is 2.32 bits per heavy atom. The molecule has 3 heterocycles. The van der Waals surface area contributed by atoms with Crippen molar-refractivity contribution in [1.82, 2.24) is 24.5 Å². The number of hydrogen-bond donors (Lipinski definition) is 0. The van der Waals surface area contributed by atoms with Gasteiger partial charge in [0.15, 0.2) is 5.82 Å². The third kappa shape index (κ3) is 5.22. The van der Waals surface area contributed by atoms with Crippen LogP contribution in [0.25, 0.3) is 16.7 Å². The van der Waals surface area contributed by atoms with Crippen LogP contribution in [0.15, 0.2) is 60.0 Å². The predicted molar refractivity (Wildman–Crippen MR) is 125 cm³/mol. The number of hydrogen-bond acceptors (Lipinski definition) is 5. The van der Waals surface area contributed by atoms with Crippen LogP contribution in [0.4, 0.5) is 18.9 Å². The number of nitrogens with zero attached hydrogens (tertiary/aromatic N) is 6. The molecule has 0 saturated heterocycles. The number of aromatic nitrogens is 5. The van der Waals surface area contributed by atoms with Crippen LogP contribution in [0.1, 0.15) is 33.3 Å². The third-order valence-electron chi connectivity index (χ3n) is 4.60. The number of sulfonamides is 1. The fourth-order valence-electron chi connectivity index (χ4n) is 3.04. The molecule has 0 aliphatic heterocycles. The van der Waals surface area contributed by atoms with Crippen LogP contribution in [0, 0.1) is 0 Å². The summed E-state index contributed by atoms with van der Waals surface area (Å²) in [4.78, 5) is 3.66. The average Bonchev–Trinajstić information content (AvgIpc) is 3.49. The van der Waals surface area contributed by atoms with Gasteiger partial charge in [0.1, 0.15) is 4.90 Å². The molecular weight excluding hydrogens is 469 g/mol. The molecule has 0 bridgehead atoms. The lowest BCUT2D eigenvalue weighted by molar-refractivity contribution is -0.137. The maximum Gasteiger partial charge on any atom is 0.416 e. The Bertz CT molecular complexity index is 1350. The molecule has 0 atom stereocenters.